The van der Waals surface area contributed by atoms with Gasteiger partial charge in [0.15, 0.2) is 17.3 Å². The third kappa shape index (κ3) is 41.0. The van der Waals surface area contributed by atoms with Crippen molar-refractivity contribution in [1.29, 1.82) is 0 Å². The summed E-state index contributed by atoms with van der Waals surface area (Å²) >= 11 is 0. The van der Waals surface area contributed by atoms with Crippen molar-refractivity contribution < 1.29 is 38.7 Å². The van der Waals surface area contributed by atoms with Gasteiger partial charge in [-0.3, -0.25) is 4.79 Å². The molecule has 0 unspecified atom stereocenters. The van der Waals surface area contributed by atoms with Crippen molar-refractivity contribution in [2.75, 3.05) is 14.2 Å². The number of allylic oxidation sites excluding steroid dienone is 25. The van der Waals surface area contributed by atoms with E-state index in [0.29, 0.717) is 30.4 Å². The molecule has 11 atom stereocenters. The molecule has 121 heavy (non-hydrogen) atoms. The van der Waals surface area contributed by atoms with Crippen LogP contribution in [-0.2, 0) is 25.4 Å². The molecule has 2 aliphatic carbocycles. The summed E-state index contributed by atoms with van der Waals surface area (Å²) in [6.07, 6.45) is 75.1. The number of carbonyl (C=O) groups excluding carboxylic acids is 1. The number of aliphatic hydroxyl groups is 1. The monoisotopic (exact) mass is 1670 g/mol. The first-order chi connectivity index (χ1) is 57.5. The Labute approximate surface area is 744 Å². The van der Waals surface area contributed by atoms with Crippen molar-refractivity contribution in [3.63, 3.8) is 0 Å². The normalized spacial score (nSPS) is 20.3. The highest BCUT2D eigenvalue weighted by molar-refractivity contribution is 6.00. The van der Waals surface area contributed by atoms with Crippen LogP contribution in [0.5, 0.6) is 17.2 Å². The van der Waals surface area contributed by atoms with Gasteiger partial charge in [-0.25, -0.2) is 0 Å². The average Bonchev–Trinajstić information content (AvgIpc) is 1.58. The van der Waals surface area contributed by atoms with Gasteiger partial charge in [0.2, 0.25) is 0 Å². The van der Waals surface area contributed by atoms with E-state index in [2.05, 4.69) is 223 Å². The molecule has 1 aromatic carbocycles. The number of hydrogen-bond donors (Lipinski definition) is 2. The van der Waals surface area contributed by atoms with Crippen molar-refractivity contribution in [3.8, 4) is 17.2 Å². The molecule has 0 spiro atoms. The van der Waals surface area contributed by atoms with E-state index >= 15 is 4.79 Å². The molecule has 1 fully saturated rings. The van der Waals surface area contributed by atoms with Gasteiger partial charge in [-0.15, -0.1) is 0 Å². The molecule has 8 nitrogen and oxygen atoms in total. The Kier molecular flexibility index (Phi) is 51.3. The number of aromatic hydroxyl groups is 1. The summed E-state index contributed by atoms with van der Waals surface area (Å²) in [4.78, 5) is 15.3. The van der Waals surface area contributed by atoms with Gasteiger partial charge in [-0.05, 0) is 242 Å². The lowest BCUT2D eigenvalue weighted by molar-refractivity contribution is -0.214. The highest BCUT2D eigenvalue weighted by Gasteiger charge is 2.49. The van der Waals surface area contributed by atoms with Gasteiger partial charge in [0, 0.05) is 11.6 Å². The van der Waals surface area contributed by atoms with E-state index in [4.69, 9.17) is 30.3 Å². The lowest BCUT2D eigenvalue weighted by Crippen LogP contribution is -2.51. The van der Waals surface area contributed by atoms with Crippen molar-refractivity contribution in [2.45, 2.75) is 443 Å². The molecule has 1 saturated heterocycles. The van der Waals surface area contributed by atoms with Crippen LogP contribution in [0.4, 0.5) is 0 Å². The third-order valence-electron chi connectivity index (χ3n) is 27.8. The smallest absolute Gasteiger partial charge is 0.187 e. The molecule has 2 N–H and O–H groups in total. The van der Waals surface area contributed by atoms with Crippen molar-refractivity contribution in [3.05, 3.63) is 196 Å². The van der Waals surface area contributed by atoms with Crippen molar-refractivity contribution in [1.82, 2.24) is 0 Å². The van der Waals surface area contributed by atoms with Gasteiger partial charge in [0.05, 0.1) is 49.8 Å². The first-order valence-electron chi connectivity index (χ1n) is 48.8. The summed E-state index contributed by atoms with van der Waals surface area (Å²) < 4.78 is 33.8. The number of ether oxygens (including phenoxy) is 5. The number of hydrogen-bond acceptors (Lipinski definition) is 8. The molecule has 0 amide bonds. The number of phenols is 1. The summed E-state index contributed by atoms with van der Waals surface area (Å²) in [6, 6.07) is 3.67. The summed E-state index contributed by atoms with van der Waals surface area (Å²) in [5.74, 6) is 2.96. The lowest BCUT2D eigenvalue weighted by Gasteiger charge is -2.44. The van der Waals surface area contributed by atoms with Gasteiger partial charge < -0.3 is 33.9 Å². The number of carbonyl (C=O) groups is 1. The molecule has 1 aliphatic heterocycles. The van der Waals surface area contributed by atoms with E-state index in [9.17, 15) is 10.2 Å². The first-order valence-corrected chi connectivity index (χ1v) is 48.8. The molecule has 0 saturated carbocycles. The number of aryl methyl sites for hydroxylation is 1. The fourth-order valence-electron chi connectivity index (χ4n) is 18.1. The number of benzene rings is 1. The second-order valence-electron chi connectivity index (χ2n) is 39.9. The zero-order valence-electron chi connectivity index (χ0n) is 81.8. The summed E-state index contributed by atoms with van der Waals surface area (Å²) in [5, 5.41) is 23.2. The predicted molar refractivity (Wildman–Crippen MR) is 524 cm³/mol. The SMILES string of the molecule is C=C(C)[C@H](C)CCC(=C)[C@H](C)CC[C@](C)(O)[C@@H]1CC[C@@H]([C@@](C)(CC[C@H](C)C(=C)CC[C@H](C)C(=C)C)O[C@H](CCCCCCCCCCCCCCCCCCCCCc2cc(OC)cc(OC)c2O)[C@@H](CCCCCCCC)O[C@@H]2CC(C)(C)C(/C=C/C(C)=C/C=C/C(C)=C/C=C/C=C(C)\C=C\C=C(C)\C=C\C3=C(C)CCCC3(C)C)=C(C)C2=O)O1. The highest BCUT2D eigenvalue weighted by Crippen LogP contribution is 2.46. The topological polar surface area (TPSA) is 104 Å². The van der Waals surface area contributed by atoms with Crippen LogP contribution in [0.15, 0.2) is 190 Å². The standard InChI is InChI=1S/C113H182O8/c1-26-27-28-29-46-49-64-102(119-105-83-111(20,21)101(97(17)108(105)114)73-67-89(9)61-54-59-87(7)57-52-51-56-86(6)58-53-60-88(8)66-72-100-96(16)62-55-78-110(100,18)19)103(65-50-47-44-42-40-38-36-34-32-30-31-33-35-37-39-41-43-45-48-63-98-81-99(117-24)82-104(118-25)109(98)115)121-113(23,80-77-95(15)93(13)71-69-91(11)85(4)5)107-75-74-106(120-107)112(22,116)79-76-94(14)92(12)70-68-90(10)84(2)3/h51-54,56-61,66-67,72-73,81-82,90-91,94-95,102-103,105-107,115-116H,2,4,12-13,26-50,55,62-65,68-71,74-80,83H2,1,3,5-11,14-25H3/b52-51+,58-53+,59-54+,72-66+,73-67+,86-56-,87-57+,88-60+,89-61+/t90-,91+,94-,95+,102-,103-,105-,106+,107+,112+,113-/m1/s1. The predicted octanol–water partition coefficient (Wildman–Crippen LogP) is 33.0. The summed E-state index contributed by atoms with van der Waals surface area (Å²) in [6.45, 7) is 60.0. The van der Waals surface area contributed by atoms with E-state index in [1.807, 2.05) is 19.9 Å². The second kappa shape index (κ2) is 57.8. The van der Waals surface area contributed by atoms with Crippen LogP contribution in [0.2, 0.25) is 0 Å². The molecular formula is C113H182O8. The van der Waals surface area contributed by atoms with Crippen LogP contribution in [0.3, 0.4) is 0 Å². The second-order valence-corrected chi connectivity index (χ2v) is 39.9. The Morgan fingerprint density at radius 1 is 0.537 bits per heavy atom. The fourth-order valence-corrected chi connectivity index (χ4v) is 18.1. The zero-order chi connectivity index (χ0) is 89.6. The van der Waals surface area contributed by atoms with Gasteiger partial charge >= 0.3 is 0 Å². The first kappa shape index (κ1) is 108. The minimum atomic E-state index is -1.03. The van der Waals surface area contributed by atoms with E-state index in [1.54, 1.807) is 20.3 Å². The minimum absolute atomic E-state index is 0.0846. The van der Waals surface area contributed by atoms with E-state index in [-0.39, 0.29) is 58.6 Å². The van der Waals surface area contributed by atoms with Gasteiger partial charge in [0.1, 0.15) is 11.9 Å². The number of phenolic OH excluding ortho intramolecular Hbond substituents is 1. The number of ketones is 1. The third-order valence-corrected chi connectivity index (χ3v) is 27.8. The maximum absolute atomic E-state index is 15.3. The van der Waals surface area contributed by atoms with Crippen LogP contribution >= 0.6 is 0 Å². The molecule has 0 aromatic heterocycles. The van der Waals surface area contributed by atoms with E-state index < -0.39 is 17.3 Å². The fraction of sp³-hybridized carbons (Fsp3) is 0.673. The van der Waals surface area contributed by atoms with Crippen LogP contribution in [0, 0.1) is 34.5 Å². The van der Waals surface area contributed by atoms with E-state index in [1.165, 1.54) is 192 Å². The molecule has 3 aliphatic rings. The minimum Gasteiger partial charge on any atom is -0.504 e. The number of Topliss-reactive ketones (excluding diaryl/α,β-unsaturated/α-hetero) is 1. The maximum Gasteiger partial charge on any atom is 0.187 e. The number of rotatable bonds is 64. The van der Waals surface area contributed by atoms with Crippen LogP contribution in [0.25, 0.3) is 0 Å². The van der Waals surface area contributed by atoms with Gasteiger partial charge in [-0.1, -0.05) is 378 Å². The molecule has 1 heterocycles. The van der Waals surface area contributed by atoms with Gasteiger partial charge in [-0.2, -0.15) is 0 Å². The average molecular weight is 1670 g/mol. The Morgan fingerprint density at radius 2 is 0.975 bits per heavy atom. The zero-order valence-corrected chi connectivity index (χ0v) is 81.8. The Bertz CT molecular complexity index is 3630. The summed E-state index contributed by atoms with van der Waals surface area (Å²) in [5.41, 5.74) is 13.6. The Hall–Kier alpha value is -5.77. The quantitative estimate of drug-likeness (QED) is 0.0378. The van der Waals surface area contributed by atoms with Crippen LogP contribution in [-0.4, -0.2) is 71.9 Å². The molecular weight excluding hydrogens is 1490 g/mol. The highest BCUT2D eigenvalue weighted by atomic mass is 16.6. The molecule has 8 heteroatoms. The van der Waals surface area contributed by atoms with Crippen LogP contribution < -0.4 is 9.47 Å². The Balaban J connectivity index is 1.53. The molecule has 4 rings (SSSR count). The number of methoxy groups -OCH3 is 2. The lowest BCUT2D eigenvalue weighted by atomic mass is 9.70. The Morgan fingerprint density at radius 3 is 1.45 bits per heavy atom. The van der Waals surface area contributed by atoms with E-state index in [0.717, 1.165) is 143 Å². The largest absolute Gasteiger partial charge is 0.504 e. The molecule has 0 bridgehead atoms. The molecule has 0 radical (unpaired) electrons. The van der Waals surface area contributed by atoms with Crippen molar-refractivity contribution in [2.24, 2.45) is 34.5 Å². The number of unbranched alkanes of at least 4 members (excludes halogenated alkanes) is 23. The summed E-state index contributed by atoms with van der Waals surface area (Å²) in [7, 11) is 3.23. The van der Waals surface area contributed by atoms with Crippen LogP contribution in [0.1, 0.15) is 400 Å². The van der Waals surface area contributed by atoms with Crippen molar-refractivity contribution >= 4 is 5.78 Å². The molecule has 682 valence electrons. The maximum atomic E-state index is 15.3. The van der Waals surface area contributed by atoms with Gasteiger partial charge in [0.25, 0.3) is 0 Å². The molecule has 1 aromatic rings.